The lowest BCUT2D eigenvalue weighted by atomic mass is 9.68. The van der Waals surface area contributed by atoms with Gasteiger partial charge in [-0.3, -0.25) is 4.68 Å². The van der Waals surface area contributed by atoms with Gasteiger partial charge in [-0.25, -0.2) is 0 Å². The summed E-state index contributed by atoms with van der Waals surface area (Å²) in [5.74, 6) is 0. The topological polar surface area (TPSA) is 43.8 Å². The minimum atomic E-state index is -0.112. The summed E-state index contributed by atoms with van der Waals surface area (Å²) in [6.07, 6.45) is 5.36. The second-order valence-corrected chi connectivity index (χ2v) is 7.05. The molecular formula is C14H24ClN3. The molecule has 1 aliphatic rings. The Kier molecular flexibility index (Phi) is 3.50. The zero-order valence-corrected chi connectivity index (χ0v) is 12.6. The Morgan fingerprint density at radius 1 is 1.28 bits per heavy atom. The van der Waals surface area contributed by atoms with E-state index in [1.54, 1.807) is 0 Å². The van der Waals surface area contributed by atoms with Crippen LogP contribution in [0.2, 0.25) is 5.02 Å². The van der Waals surface area contributed by atoms with Gasteiger partial charge in [0, 0.05) is 19.0 Å². The van der Waals surface area contributed by atoms with Crippen molar-refractivity contribution in [3.8, 4) is 0 Å². The summed E-state index contributed by atoms with van der Waals surface area (Å²) in [5.41, 5.74) is 8.86. The van der Waals surface area contributed by atoms with Crippen LogP contribution in [0.4, 0.5) is 0 Å². The number of rotatable bonds is 2. The molecule has 1 aromatic rings. The standard InChI is InChI=1S/C14H24ClN3/c1-10-12(15)11(18(4)17-10)9-14(16)7-5-13(2,3)6-8-14/h5-9,16H2,1-4H3. The van der Waals surface area contributed by atoms with E-state index < -0.39 is 0 Å². The molecule has 2 rings (SSSR count). The Morgan fingerprint density at radius 2 is 1.83 bits per heavy atom. The Bertz CT molecular complexity index is 438. The smallest absolute Gasteiger partial charge is 0.0847 e. The molecule has 2 N–H and O–H groups in total. The quantitative estimate of drug-likeness (QED) is 0.896. The largest absolute Gasteiger partial charge is 0.325 e. The first-order valence-corrected chi connectivity index (χ1v) is 7.07. The van der Waals surface area contributed by atoms with Gasteiger partial charge in [0.15, 0.2) is 0 Å². The third-order valence-electron chi connectivity index (χ3n) is 4.38. The van der Waals surface area contributed by atoms with E-state index >= 15 is 0 Å². The highest BCUT2D eigenvalue weighted by Gasteiger charge is 2.36. The predicted molar refractivity (Wildman–Crippen MR) is 75.8 cm³/mol. The van der Waals surface area contributed by atoms with E-state index in [2.05, 4.69) is 18.9 Å². The van der Waals surface area contributed by atoms with Gasteiger partial charge in [0.1, 0.15) is 0 Å². The second-order valence-electron chi connectivity index (χ2n) is 6.67. The van der Waals surface area contributed by atoms with E-state index in [9.17, 15) is 0 Å². The molecule has 3 nitrogen and oxygen atoms in total. The summed E-state index contributed by atoms with van der Waals surface area (Å²) in [5, 5.41) is 5.15. The molecule has 1 heterocycles. The van der Waals surface area contributed by atoms with Gasteiger partial charge in [0.25, 0.3) is 0 Å². The van der Waals surface area contributed by atoms with Crippen molar-refractivity contribution >= 4 is 11.6 Å². The first-order valence-electron chi connectivity index (χ1n) is 6.69. The van der Waals surface area contributed by atoms with Gasteiger partial charge < -0.3 is 5.73 Å². The summed E-state index contributed by atoms with van der Waals surface area (Å²) in [6.45, 7) is 6.60. The van der Waals surface area contributed by atoms with Gasteiger partial charge in [-0.2, -0.15) is 5.10 Å². The van der Waals surface area contributed by atoms with Gasteiger partial charge in [-0.1, -0.05) is 25.4 Å². The fourth-order valence-electron chi connectivity index (χ4n) is 2.81. The molecule has 0 radical (unpaired) electrons. The number of hydrogen-bond donors (Lipinski definition) is 1. The number of nitrogens with zero attached hydrogens (tertiary/aromatic N) is 2. The minimum Gasteiger partial charge on any atom is -0.325 e. The van der Waals surface area contributed by atoms with Crippen LogP contribution in [0.1, 0.15) is 50.9 Å². The predicted octanol–water partition coefficient (Wildman–Crippen LogP) is 3.22. The summed E-state index contributed by atoms with van der Waals surface area (Å²) >= 11 is 6.31. The number of halogens is 1. The first kappa shape index (κ1) is 13.9. The lowest BCUT2D eigenvalue weighted by molar-refractivity contribution is 0.163. The van der Waals surface area contributed by atoms with Crippen LogP contribution in [0, 0.1) is 12.3 Å². The molecule has 0 bridgehead atoms. The average molecular weight is 270 g/mol. The summed E-state index contributed by atoms with van der Waals surface area (Å²) in [4.78, 5) is 0. The van der Waals surface area contributed by atoms with Crippen molar-refractivity contribution in [1.82, 2.24) is 9.78 Å². The van der Waals surface area contributed by atoms with E-state index in [0.717, 1.165) is 35.7 Å². The minimum absolute atomic E-state index is 0.112. The fraction of sp³-hybridized carbons (Fsp3) is 0.786. The van der Waals surface area contributed by atoms with Crippen LogP contribution in [-0.4, -0.2) is 15.3 Å². The van der Waals surface area contributed by atoms with Crippen LogP contribution < -0.4 is 5.73 Å². The number of aryl methyl sites for hydroxylation is 2. The van der Waals surface area contributed by atoms with Crippen LogP contribution in [0.3, 0.4) is 0 Å². The van der Waals surface area contributed by atoms with E-state index in [1.165, 1.54) is 12.8 Å². The van der Waals surface area contributed by atoms with Crippen molar-refractivity contribution in [2.45, 2.75) is 58.4 Å². The highest BCUT2D eigenvalue weighted by Crippen LogP contribution is 2.41. The summed E-state index contributed by atoms with van der Waals surface area (Å²) < 4.78 is 1.88. The van der Waals surface area contributed by atoms with Crippen molar-refractivity contribution in [2.75, 3.05) is 0 Å². The molecule has 0 aromatic carbocycles. The first-order chi connectivity index (χ1) is 8.22. The molecule has 0 spiro atoms. The summed E-state index contributed by atoms with van der Waals surface area (Å²) in [6, 6.07) is 0. The molecule has 1 aliphatic carbocycles. The van der Waals surface area contributed by atoms with Crippen LogP contribution in [0.25, 0.3) is 0 Å². The van der Waals surface area contributed by atoms with E-state index in [-0.39, 0.29) is 5.54 Å². The van der Waals surface area contributed by atoms with Crippen LogP contribution in [-0.2, 0) is 13.5 Å². The molecule has 1 fully saturated rings. The van der Waals surface area contributed by atoms with Crippen molar-refractivity contribution in [3.05, 3.63) is 16.4 Å². The van der Waals surface area contributed by atoms with Crippen molar-refractivity contribution in [1.29, 1.82) is 0 Å². The Labute approximate surface area is 115 Å². The highest BCUT2D eigenvalue weighted by atomic mass is 35.5. The molecule has 1 aromatic heterocycles. The van der Waals surface area contributed by atoms with Crippen LogP contribution >= 0.6 is 11.6 Å². The molecule has 0 atom stereocenters. The number of nitrogens with two attached hydrogens (primary N) is 1. The molecule has 102 valence electrons. The van der Waals surface area contributed by atoms with Crippen molar-refractivity contribution in [3.63, 3.8) is 0 Å². The molecule has 1 saturated carbocycles. The van der Waals surface area contributed by atoms with Crippen LogP contribution in [0.5, 0.6) is 0 Å². The van der Waals surface area contributed by atoms with E-state index in [4.69, 9.17) is 17.3 Å². The molecule has 0 unspecified atom stereocenters. The highest BCUT2D eigenvalue weighted by molar-refractivity contribution is 6.31. The average Bonchev–Trinajstić information content (AvgIpc) is 2.51. The maximum atomic E-state index is 6.56. The molecule has 0 amide bonds. The normalized spacial score (nSPS) is 22.1. The zero-order chi connectivity index (χ0) is 13.6. The number of hydrogen-bond acceptors (Lipinski definition) is 2. The van der Waals surface area contributed by atoms with Crippen LogP contribution in [0.15, 0.2) is 0 Å². The maximum absolute atomic E-state index is 6.56. The van der Waals surface area contributed by atoms with Gasteiger partial charge in [-0.05, 0) is 38.0 Å². The third kappa shape index (κ3) is 2.72. The van der Waals surface area contributed by atoms with Gasteiger partial charge in [0.05, 0.1) is 16.4 Å². The molecule has 0 aliphatic heterocycles. The lowest BCUT2D eigenvalue weighted by Gasteiger charge is -2.41. The molecule has 4 heteroatoms. The zero-order valence-electron chi connectivity index (χ0n) is 11.9. The third-order valence-corrected chi connectivity index (χ3v) is 4.87. The van der Waals surface area contributed by atoms with E-state index in [0.29, 0.717) is 5.41 Å². The molecule has 0 saturated heterocycles. The van der Waals surface area contributed by atoms with Crippen molar-refractivity contribution in [2.24, 2.45) is 18.2 Å². The molecular weight excluding hydrogens is 246 g/mol. The maximum Gasteiger partial charge on any atom is 0.0847 e. The monoisotopic (exact) mass is 269 g/mol. The van der Waals surface area contributed by atoms with Gasteiger partial charge in [0.2, 0.25) is 0 Å². The lowest BCUT2D eigenvalue weighted by Crippen LogP contribution is -2.47. The van der Waals surface area contributed by atoms with Gasteiger partial charge in [-0.15, -0.1) is 0 Å². The number of aromatic nitrogens is 2. The SMILES string of the molecule is Cc1nn(C)c(CC2(N)CCC(C)(C)CC2)c1Cl. The van der Waals surface area contributed by atoms with Crippen molar-refractivity contribution < 1.29 is 0 Å². The Hall–Kier alpha value is -0.540. The molecule has 18 heavy (non-hydrogen) atoms. The summed E-state index contributed by atoms with van der Waals surface area (Å²) in [7, 11) is 1.95. The Balaban J connectivity index is 2.14. The Morgan fingerprint density at radius 3 is 2.28 bits per heavy atom. The fourth-order valence-corrected chi connectivity index (χ4v) is 3.03. The van der Waals surface area contributed by atoms with E-state index in [1.807, 2.05) is 18.7 Å². The van der Waals surface area contributed by atoms with Gasteiger partial charge >= 0.3 is 0 Å². The second kappa shape index (κ2) is 4.53.